The van der Waals surface area contributed by atoms with Gasteiger partial charge in [-0.2, -0.15) is 0 Å². The Labute approximate surface area is 174 Å². The maximum Gasteiger partial charge on any atom is 0.174 e. The topological polar surface area (TPSA) is 28.2 Å². The molecule has 2 aromatic heterocycles. The molecule has 0 unspecified atom stereocenters. The van der Waals surface area contributed by atoms with Crippen LogP contribution in [0.3, 0.4) is 0 Å². The van der Waals surface area contributed by atoms with Crippen molar-refractivity contribution in [3.63, 3.8) is 0 Å². The Morgan fingerprint density at radius 3 is 2.48 bits per heavy atom. The van der Waals surface area contributed by atoms with Crippen LogP contribution in [0.1, 0.15) is 48.0 Å². The van der Waals surface area contributed by atoms with Gasteiger partial charge in [0.2, 0.25) is 0 Å². The van der Waals surface area contributed by atoms with Gasteiger partial charge in [-0.3, -0.25) is 4.98 Å². The zero-order valence-corrected chi connectivity index (χ0v) is 17.5. The van der Waals surface area contributed by atoms with E-state index in [1.54, 1.807) is 11.3 Å². The van der Waals surface area contributed by atoms with Crippen molar-refractivity contribution >= 4 is 46.0 Å². The summed E-state index contributed by atoms with van der Waals surface area (Å²) in [5.74, 6) is 0.496. The summed E-state index contributed by atoms with van der Waals surface area (Å²) in [5.41, 5.74) is 3.36. The molecule has 0 saturated carbocycles. The van der Waals surface area contributed by atoms with E-state index in [0.717, 1.165) is 20.6 Å². The molecule has 2 atom stereocenters. The molecule has 0 bridgehead atoms. The van der Waals surface area contributed by atoms with E-state index < -0.39 is 0 Å². The highest BCUT2D eigenvalue weighted by molar-refractivity contribution is 7.80. The third kappa shape index (κ3) is 3.59. The van der Waals surface area contributed by atoms with Crippen LogP contribution in [0.15, 0.2) is 60.8 Å². The second kappa shape index (κ2) is 7.58. The van der Waals surface area contributed by atoms with Crippen LogP contribution in [0, 0.1) is 0 Å². The molecular weight excluding hydrogens is 394 g/mol. The average Bonchev–Trinajstić information content (AvgIpc) is 3.25. The number of nitrogens with zero attached hydrogens (tertiary/aromatic N) is 2. The quantitative estimate of drug-likeness (QED) is 0.523. The number of pyridine rings is 1. The van der Waals surface area contributed by atoms with Crippen LogP contribution in [0.5, 0.6) is 0 Å². The van der Waals surface area contributed by atoms with Crippen LogP contribution in [0.2, 0.25) is 4.34 Å². The van der Waals surface area contributed by atoms with Gasteiger partial charge in [0.1, 0.15) is 0 Å². The fourth-order valence-electron chi connectivity index (χ4n) is 3.43. The second-order valence-corrected chi connectivity index (χ2v) is 9.02. The molecule has 0 spiro atoms. The minimum Gasteiger partial charge on any atom is -0.351 e. The molecule has 1 aliphatic heterocycles. The SMILES string of the molecule is CC(C)c1ccc(N2C(=S)N[C@@H](c3ccccn3)[C@@H]2c2ccc(Cl)s2)cc1. The molecule has 1 saturated heterocycles. The highest BCUT2D eigenvalue weighted by Gasteiger charge is 2.41. The number of hydrogen-bond acceptors (Lipinski definition) is 3. The fourth-order valence-corrected chi connectivity index (χ4v) is 4.96. The minimum absolute atomic E-state index is 0.00907. The molecular formula is C21H20ClN3S2. The first-order valence-electron chi connectivity index (χ1n) is 8.90. The zero-order chi connectivity index (χ0) is 19.0. The second-order valence-electron chi connectivity index (χ2n) is 6.88. The van der Waals surface area contributed by atoms with E-state index in [1.165, 1.54) is 5.56 Å². The van der Waals surface area contributed by atoms with Crippen LogP contribution in [-0.2, 0) is 0 Å². The summed E-state index contributed by atoms with van der Waals surface area (Å²) in [4.78, 5) is 7.91. The van der Waals surface area contributed by atoms with Crippen LogP contribution in [0.25, 0.3) is 0 Å². The fraction of sp³-hybridized carbons (Fsp3) is 0.238. The lowest BCUT2D eigenvalue weighted by molar-refractivity contribution is 0.575. The third-order valence-corrected chi connectivity index (χ3v) is 6.44. The lowest BCUT2D eigenvalue weighted by Gasteiger charge is -2.27. The molecule has 0 radical (unpaired) electrons. The third-order valence-electron chi connectivity index (χ3n) is 4.82. The number of benzene rings is 1. The lowest BCUT2D eigenvalue weighted by atomic mass is 10.0. The van der Waals surface area contributed by atoms with Gasteiger partial charge in [-0.25, -0.2) is 0 Å². The first-order chi connectivity index (χ1) is 13.0. The van der Waals surface area contributed by atoms with Crippen molar-refractivity contribution in [1.82, 2.24) is 10.3 Å². The van der Waals surface area contributed by atoms with Crippen molar-refractivity contribution in [2.75, 3.05) is 4.90 Å². The number of halogens is 1. The number of thiophene rings is 1. The maximum absolute atomic E-state index is 6.25. The Balaban J connectivity index is 1.78. The molecule has 3 nitrogen and oxygen atoms in total. The molecule has 1 N–H and O–H groups in total. The van der Waals surface area contributed by atoms with Crippen LogP contribution < -0.4 is 10.2 Å². The highest BCUT2D eigenvalue weighted by Crippen LogP contribution is 2.44. The molecule has 0 amide bonds. The molecule has 6 heteroatoms. The van der Waals surface area contributed by atoms with Gasteiger partial charge in [-0.1, -0.05) is 43.6 Å². The molecule has 3 heterocycles. The largest absolute Gasteiger partial charge is 0.351 e. The number of anilines is 1. The van der Waals surface area contributed by atoms with Gasteiger partial charge in [0.25, 0.3) is 0 Å². The van der Waals surface area contributed by atoms with E-state index in [1.807, 2.05) is 30.5 Å². The van der Waals surface area contributed by atoms with Crippen molar-refractivity contribution in [2.24, 2.45) is 0 Å². The van der Waals surface area contributed by atoms with E-state index in [4.69, 9.17) is 23.8 Å². The predicted octanol–water partition coefficient (Wildman–Crippen LogP) is 6.10. The lowest BCUT2D eigenvalue weighted by Crippen LogP contribution is -2.29. The Kier molecular flexibility index (Phi) is 5.17. The van der Waals surface area contributed by atoms with Crippen molar-refractivity contribution in [1.29, 1.82) is 0 Å². The Morgan fingerprint density at radius 1 is 1.11 bits per heavy atom. The van der Waals surface area contributed by atoms with Gasteiger partial charge in [0, 0.05) is 16.8 Å². The minimum atomic E-state index is -0.0295. The molecule has 0 aliphatic carbocycles. The first-order valence-corrected chi connectivity index (χ1v) is 10.5. The van der Waals surface area contributed by atoms with E-state index in [9.17, 15) is 0 Å². The molecule has 27 heavy (non-hydrogen) atoms. The Hall–Kier alpha value is -1.95. The standard InChI is InChI=1S/C21H20ClN3S2/c1-13(2)14-6-8-15(9-7-14)25-20(17-10-11-18(22)27-17)19(24-21(25)26)16-5-3-4-12-23-16/h3-13,19-20H,1-2H3,(H,24,26)/t19-,20-/m0/s1. The first kappa shape index (κ1) is 18.4. The number of thiocarbonyl (C=S) groups is 1. The number of nitrogens with one attached hydrogen (secondary N) is 1. The van der Waals surface area contributed by atoms with Gasteiger partial charge in [0.15, 0.2) is 5.11 Å². The summed E-state index contributed by atoms with van der Waals surface area (Å²) >= 11 is 13.6. The van der Waals surface area contributed by atoms with Gasteiger partial charge in [0.05, 0.1) is 22.1 Å². The highest BCUT2D eigenvalue weighted by atomic mass is 35.5. The van der Waals surface area contributed by atoms with Gasteiger partial charge < -0.3 is 10.2 Å². The van der Waals surface area contributed by atoms with Gasteiger partial charge in [-0.05, 0) is 60.1 Å². The molecule has 1 fully saturated rings. The maximum atomic E-state index is 6.25. The van der Waals surface area contributed by atoms with Crippen LogP contribution in [0.4, 0.5) is 5.69 Å². The summed E-state index contributed by atoms with van der Waals surface area (Å²) in [6.45, 7) is 4.40. The van der Waals surface area contributed by atoms with Crippen LogP contribution in [-0.4, -0.2) is 10.1 Å². The number of aromatic nitrogens is 1. The normalized spacial score (nSPS) is 19.6. The summed E-state index contributed by atoms with van der Waals surface area (Å²) in [7, 11) is 0. The smallest absolute Gasteiger partial charge is 0.174 e. The molecule has 4 rings (SSSR count). The summed E-state index contributed by atoms with van der Waals surface area (Å²) in [6.07, 6.45) is 1.82. The van der Waals surface area contributed by atoms with Crippen molar-refractivity contribution in [3.05, 3.63) is 81.3 Å². The predicted molar refractivity (Wildman–Crippen MR) is 118 cm³/mol. The number of hydrogen-bond donors (Lipinski definition) is 1. The summed E-state index contributed by atoms with van der Waals surface area (Å²) in [5, 5.41) is 4.18. The van der Waals surface area contributed by atoms with Crippen LogP contribution >= 0.6 is 35.2 Å². The van der Waals surface area contributed by atoms with E-state index in [2.05, 4.69) is 59.4 Å². The Bertz CT molecular complexity index is 938. The molecule has 3 aromatic rings. The van der Waals surface area contributed by atoms with Gasteiger partial charge in [-0.15, -0.1) is 11.3 Å². The molecule has 138 valence electrons. The monoisotopic (exact) mass is 413 g/mol. The van der Waals surface area contributed by atoms with E-state index in [-0.39, 0.29) is 12.1 Å². The number of rotatable bonds is 4. The summed E-state index contributed by atoms with van der Waals surface area (Å²) in [6, 6.07) is 18.6. The molecule has 1 aromatic carbocycles. The summed E-state index contributed by atoms with van der Waals surface area (Å²) < 4.78 is 0.776. The average molecular weight is 414 g/mol. The van der Waals surface area contributed by atoms with Crippen molar-refractivity contribution < 1.29 is 0 Å². The van der Waals surface area contributed by atoms with E-state index in [0.29, 0.717) is 11.0 Å². The van der Waals surface area contributed by atoms with E-state index >= 15 is 0 Å². The Morgan fingerprint density at radius 2 is 1.89 bits per heavy atom. The zero-order valence-electron chi connectivity index (χ0n) is 15.1. The van der Waals surface area contributed by atoms with Crippen molar-refractivity contribution in [3.8, 4) is 0 Å². The van der Waals surface area contributed by atoms with Gasteiger partial charge >= 0.3 is 0 Å². The molecule has 1 aliphatic rings. The van der Waals surface area contributed by atoms with Crippen molar-refractivity contribution in [2.45, 2.75) is 31.8 Å².